The highest BCUT2D eigenvalue weighted by molar-refractivity contribution is 7.83. The molecular weight excluding hydrogens is 631 g/mol. The van der Waals surface area contributed by atoms with Gasteiger partial charge in [0.1, 0.15) is 11.6 Å². The summed E-state index contributed by atoms with van der Waals surface area (Å²) in [7, 11) is -8.10. The molecule has 0 aliphatic carbocycles. The van der Waals surface area contributed by atoms with Crippen LogP contribution in [0.2, 0.25) is 0 Å². The van der Waals surface area contributed by atoms with Crippen molar-refractivity contribution in [3.63, 3.8) is 0 Å². The summed E-state index contributed by atoms with van der Waals surface area (Å²) in [6, 6.07) is 17.4. The van der Waals surface area contributed by atoms with E-state index in [0.717, 1.165) is 63.9 Å². The van der Waals surface area contributed by atoms with Crippen LogP contribution in [0.3, 0.4) is 0 Å². The monoisotopic (exact) mass is 677 g/mol. The minimum Gasteiger partial charge on any atom is -0.426 e. The van der Waals surface area contributed by atoms with Gasteiger partial charge in [0.2, 0.25) is 15.0 Å². The van der Waals surface area contributed by atoms with E-state index < -0.39 is 22.6 Å². The Morgan fingerprint density at radius 3 is 1.78 bits per heavy atom. The average molecular weight is 678 g/mol. The molecule has 4 saturated heterocycles. The smallest absolute Gasteiger partial charge is 0.362 e. The first-order valence-corrected chi connectivity index (χ1v) is 22.2. The minimum atomic E-state index is -3.04. The largest absolute Gasteiger partial charge is 0.426 e. The van der Waals surface area contributed by atoms with Crippen LogP contribution in [0.4, 0.5) is 5.82 Å². The Balaban J connectivity index is 1.39. The maximum atomic E-state index is 7.58. The highest BCUT2D eigenvalue weighted by Gasteiger charge is 2.54. The fourth-order valence-electron chi connectivity index (χ4n) is 8.21. The quantitative estimate of drug-likeness (QED) is 0.249. The zero-order chi connectivity index (χ0) is 30.8. The molecule has 0 radical (unpaired) electrons. The lowest BCUT2D eigenvalue weighted by atomic mass is 10.0. The molecule has 244 valence electrons. The molecule has 9 rings (SSSR count). The van der Waals surface area contributed by atoms with Crippen molar-refractivity contribution in [3.8, 4) is 5.75 Å². The van der Waals surface area contributed by atoms with Gasteiger partial charge in [0.05, 0.1) is 6.54 Å². The van der Waals surface area contributed by atoms with Gasteiger partial charge in [0, 0.05) is 64.1 Å². The molecule has 13 heteroatoms. The first-order valence-electron chi connectivity index (χ1n) is 17.4. The summed E-state index contributed by atoms with van der Waals surface area (Å²) < 4.78 is 39.4. The van der Waals surface area contributed by atoms with E-state index >= 15 is 0 Å². The van der Waals surface area contributed by atoms with Crippen LogP contribution in [0.5, 0.6) is 5.75 Å². The van der Waals surface area contributed by atoms with Crippen molar-refractivity contribution in [1.29, 1.82) is 0 Å². The fraction of sp³-hybridized carbons (Fsp3) is 0.545. The van der Waals surface area contributed by atoms with Crippen molar-refractivity contribution in [2.45, 2.75) is 64.8 Å². The second kappa shape index (κ2) is 11.8. The van der Waals surface area contributed by atoms with E-state index in [1.165, 1.54) is 73.3 Å². The Morgan fingerprint density at radius 2 is 1.20 bits per heavy atom. The van der Waals surface area contributed by atoms with Gasteiger partial charge in [-0.2, -0.15) is 13.5 Å². The van der Waals surface area contributed by atoms with E-state index in [0.29, 0.717) is 6.54 Å². The minimum absolute atomic E-state index is 0.675. The summed E-state index contributed by atoms with van der Waals surface area (Å²) in [4.78, 5) is 5.04. The molecule has 0 N–H and O–H groups in total. The van der Waals surface area contributed by atoms with Gasteiger partial charge in [-0.05, 0) is 92.8 Å². The van der Waals surface area contributed by atoms with Gasteiger partial charge in [-0.15, -0.1) is 0 Å². The number of aryl methyl sites for hydroxylation is 1. The normalized spacial score (nSPS) is 28.2. The molecule has 0 bridgehead atoms. The molecule has 0 unspecified atom stereocenters. The number of nitrogens with zero attached hydrogens (tertiary/aromatic N) is 9. The molecule has 0 amide bonds. The lowest BCUT2D eigenvalue weighted by Crippen LogP contribution is -2.35. The van der Waals surface area contributed by atoms with Crippen LogP contribution in [-0.2, 0) is 6.54 Å². The highest BCUT2D eigenvalue weighted by Crippen LogP contribution is 2.84. The topological polar surface area (TPSA) is 75.4 Å². The van der Waals surface area contributed by atoms with E-state index in [9.17, 15) is 0 Å². The van der Waals surface area contributed by atoms with E-state index in [-0.39, 0.29) is 0 Å². The van der Waals surface area contributed by atoms with Gasteiger partial charge in [-0.1, -0.05) is 30.3 Å². The van der Waals surface area contributed by atoms with Crippen molar-refractivity contribution in [2.75, 3.05) is 57.0 Å². The molecule has 1 atom stereocenters. The number of benzene rings is 2. The number of hydrogen-bond acceptors (Lipinski definition) is 10. The van der Waals surface area contributed by atoms with Gasteiger partial charge in [-0.3, -0.25) is 4.67 Å². The Kier molecular flexibility index (Phi) is 7.74. The van der Waals surface area contributed by atoms with Crippen LogP contribution in [0.1, 0.15) is 62.5 Å². The number of rotatable bonds is 5. The van der Waals surface area contributed by atoms with E-state index in [2.05, 4.69) is 78.8 Å². The second-order valence-corrected chi connectivity index (χ2v) is 21.8. The van der Waals surface area contributed by atoms with Crippen molar-refractivity contribution < 1.29 is 4.52 Å². The SMILES string of the molecule is Cc1ccnc(N2Cc3c(ccc4ccccc34)O[P@]23=NP(N2CCCC2)(N2CCCC2)=NP(N2CCCC2)(N2CCCC2)=N3)c1. The molecule has 1 spiro atoms. The molecule has 6 aliphatic heterocycles. The number of pyridine rings is 1. The van der Waals surface area contributed by atoms with Crippen molar-refractivity contribution >= 4 is 39.2 Å². The van der Waals surface area contributed by atoms with Crippen molar-refractivity contribution in [3.05, 3.63) is 65.9 Å². The molecule has 3 aromatic rings. The third-order valence-corrected chi connectivity index (χ3v) is 22.3. The molecule has 6 aliphatic rings. The van der Waals surface area contributed by atoms with Crippen LogP contribution in [0.25, 0.3) is 10.8 Å². The van der Waals surface area contributed by atoms with Gasteiger partial charge in [0.15, 0.2) is 0 Å². The average Bonchev–Trinajstić information content (AvgIpc) is 3.92. The maximum Gasteiger partial charge on any atom is 0.362 e. The summed E-state index contributed by atoms with van der Waals surface area (Å²) in [6.45, 7) is 11.3. The summed E-state index contributed by atoms with van der Waals surface area (Å²) >= 11 is 0. The van der Waals surface area contributed by atoms with E-state index in [1.807, 2.05) is 6.20 Å². The van der Waals surface area contributed by atoms with E-state index in [4.69, 9.17) is 23.1 Å². The molecule has 4 fully saturated rings. The van der Waals surface area contributed by atoms with Crippen LogP contribution >= 0.6 is 22.6 Å². The lowest BCUT2D eigenvalue weighted by molar-refractivity contribution is 0.448. The summed E-state index contributed by atoms with van der Waals surface area (Å²) in [5, 5.41) is 2.47. The molecule has 0 saturated carbocycles. The Hall–Kier alpha value is -2.02. The van der Waals surface area contributed by atoms with Crippen molar-refractivity contribution in [1.82, 2.24) is 23.7 Å². The molecule has 10 nitrogen and oxygen atoms in total. The molecule has 7 heterocycles. The zero-order valence-corrected chi connectivity index (χ0v) is 29.7. The fourth-order valence-corrected chi connectivity index (χ4v) is 23.3. The maximum absolute atomic E-state index is 7.58. The Labute approximate surface area is 273 Å². The Bertz CT molecular complexity index is 1750. The predicted octanol–water partition coefficient (Wildman–Crippen LogP) is 9.18. The third-order valence-electron chi connectivity index (χ3n) is 10.6. The summed E-state index contributed by atoms with van der Waals surface area (Å²) in [5.41, 5.74) is 2.39. The van der Waals surface area contributed by atoms with E-state index in [1.54, 1.807) is 0 Å². The van der Waals surface area contributed by atoms with Gasteiger partial charge in [-0.25, -0.2) is 23.7 Å². The first kappa shape index (κ1) is 30.1. The first-order chi connectivity index (χ1) is 22.6. The number of aromatic nitrogens is 1. The number of hydrogen-bond donors (Lipinski definition) is 0. The molecule has 1 aromatic heterocycles. The highest BCUT2D eigenvalue weighted by atomic mass is 31.3. The lowest BCUT2D eigenvalue weighted by Gasteiger charge is -2.49. The van der Waals surface area contributed by atoms with Crippen LogP contribution in [-0.4, -0.2) is 76.0 Å². The van der Waals surface area contributed by atoms with Gasteiger partial charge >= 0.3 is 7.58 Å². The zero-order valence-electron chi connectivity index (χ0n) is 27.0. The summed E-state index contributed by atoms with van der Waals surface area (Å²) in [5.74, 6) is 1.86. The van der Waals surface area contributed by atoms with Crippen LogP contribution in [0, 0.1) is 6.92 Å². The number of anilines is 1. The molecule has 2 aromatic carbocycles. The standard InChI is InChI=1S/C33H46N9OP3/c1-28-16-17-34-33(26-28)42-27-31-30-13-3-2-12-29(30)14-15-32(31)43-46(42)36-44(38-18-4-5-19-38,39-20-6-7-21-39)35-45(37-46,40-22-8-9-23-40)41-24-10-11-25-41/h2-3,12-17,26H,4-11,18-25,27H2,1H3. The summed E-state index contributed by atoms with van der Waals surface area (Å²) in [6.07, 6.45) is 11.6. The predicted molar refractivity (Wildman–Crippen MR) is 191 cm³/mol. The molecular formula is C33H46N9OP3. The van der Waals surface area contributed by atoms with Crippen LogP contribution < -0.4 is 9.19 Å². The second-order valence-electron chi connectivity index (χ2n) is 13.6. The van der Waals surface area contributed by atoms with Gasteiger partial charge in [0.25, 0.3) is 0 Å². The van der Waals surface area contributed by atoms with Crippen molar-refractivity contribution in [2.24, 2.45) is 13.5 Å². The third kappa shape index (κ3) is 4.82. The Morgan fingerprint density at radius 1 is 0.630 bits per heavy atom. The number of fused-ring (bicyclic) bond motifs is 3. The molecule has 46 heavy (non-hydrogen) atoms. The van der Waals surface area contributed by atoms with Gasteiger partial charge < -0.3 is 4.52 Å². The van der Waals surface area contributed by atoms with Crippen LogP contribution in [0.15, 0.2) is 68.3 Å².